The molecular formula is C11H16F3N3OS. The average Bonchev–Trinajstić information content (AvgIpc) is 3.05. The van der Waals surface area contributed by atoms with Gasteiger partial charge < -0.3 is 4.74 Å². The third-order valence-electron chi connectivity index (χ3n) is 3.03. The molecule has 0 aliphatic heterocycles. The summed E-state index contributed by atoms with van der Waals surface area (Å²) >= 11 is 0.613. The van der Waals surface area contributed by atoms with Crippen LogP contribution in [0.2, 0.25) is 0 Å². The van der Waals surface area contributed by atoms with Gasteiger partial charge in [-0.3, -0.25) is 5.84 Å². The molecule has 19 heavy (non-hydrogen) atoms. The first kappa shape index (κ1) is 14.7. The predicted molar refractivity (Wildman–Crippen MR) is 65.3 cm³/mol. The van der Waals surface area contributed by atoms with Crippen LogP contribution in [-0.2, 0) is 10.9 Å². The lowest BCUT2D eigenvalue weighted by molar-refractivity contribution is -0.137. The molecule has 1 fully saturated rings. The monoisotopic (exact) mass is 295 g/mol. The van der Waals surface area contributed by atoms with E-state index in [1.165, 1.54) is 6.20 Å². The van der Waals surface area contributed by atoms with E-state index in [4.69, 9.17) is 10.6 Å². The second kappa shape index (κ2) is 5.74. The summed E-state index contributed by atoms with van der Waals surface area (Å²) < 4.78 is 43.3. The van der Waals surface area contributed by atoms with Crippen molar-refractivity contribution in [2.75, 3.05) is 6.61 Å². The van der Waals surface area contributed by atoms with Gasteiger partial charge in [-0.05, 0) is 25.7 Å². The molecule has 1 heterocycles. The fourth-order valence-electron chi connectivity index (χ4n) is 2.02. The molecule has 1 aliphatic carbocycles. The second-order valence-electron chi connectivity index (χ2n) is 4.47. The molecule has 0 spiro atoms. The molecule has 1 aromatic rings. The molecular weight excluding hydrogens is 279 g/mol. The van der Waals surface area contributed by atoms with Gasteiger partial charge in [0.05, 0.1) is 12.1 Å². The smallest absolute Gasteiger partial charge is 0.376 e. The fourth-order valence-corrected chi connectivity index (χ4v) is 2.90. The van der Waals surface area contributed by atoms with Crippen LogP contribution in [0.4, 0.5) is 13.2 Å². The number of aromatic nitrogens is 1. The summed E-state index contributed by atoms with van der Waals surface area (Å²) in [7, 11) is 0. The summed E-state index contributed by atoms with van der Waals surface area (Å²) in [5, 5.41) is -0.853. The van der Waals surface area contributed by atoms with Crippen molar-refractivity contribution in [3.8, 4) is 0 Å². The maximum absolute atomic E-state index is 12.6. The Hall–Kier alpha value is -0.700. The van der Waals surface area contributed by atoms with Crippen LogP contribution < -0.4 is 11.3 Å². The zero-order valence-corrected chi connectivity index (χ0v) is 11.2. The Kier molecular flexibility index (Phi) is 4.44. The largest absolute Gasteiger partial charge is 0.443 e. The third-order valence-corrected chi connectivity index (χ3v) is 4.15. The molecule has 8 heteroatoms. The van der Waals surface area contributed by atoms with Crippen molar-refractivity contribution < 1.29 is 17.9 Å². The maximum Gasteiger partial charge on any atom is 0.443 e. The predicted octanol–water partition coefficient (Wildman–Crippen LogP) is 2.48. The van der Waals surface area contributed by atoms with Crippen LogP contribution in [0.25, 0.3) is 0 Å². The van der Waals surface area contributed by atoms with Gasteiger partial charge in [0.1, 0.15) is 0 Å². The molecule has 1 saturated carbocycles. The highest BCUT2D eigenvalue weighted by Crippen LogP contribution is 2.42. The maximum atomic E-state index is 12.6. The van der Waals surface area contributed by atoms with Crippen molar-refractivity contribution in [1.29, 1.82) is 0 Å². The molecule has 2 rings (SSSR count). The Labute approximate surface area is 113 Å². The van der Waals surface area contributed by atoms with E-state index in [9.17, 15) is 13.2 Å². The van der Waals surface area contributed by atoms with Crippen molar-refractivity contribution >= 4 is 11.3 Å². The number of ether oxygens (including phenoxy) is 1. The summed E-state index contributed by atoms with van der Waals surface area (Å²) in [4.78, 5) is 3.88. The summed E-state index contributed by atoms with van der Waals surface area (Å²) in [6, 6.07) is -0.443. The minimum Gasteiger partial charge on any atom is -0.376 e. The zero-order chi connectivity index (χ0) is 14.0. The van der Waals surface area contributed by atoms with E-state index < -0.39 is 17.2 Å². The molecule has 3 N–H and O–H groups in total. The Morgan fingerprint density at radius 2 is 2.26 bits per heavy atom. The third kappa shape index (κ3) is 3.44. The van der Waals surface area contributed by atoms with Crippen molar-refractivity contribution in [3.05, 3.63) is 16.1 Å². The molecule has 0 radical (unpaired) electrons. The lowest BCUT2D eigenvalue weighted by atomic mass is 10.1. The number of nitrogens with zero attached hydrogens (tertiary/aromatic N) is 1. The van der Waals surface area contributed by atoms with Crippen LogP contribution in [-0.4, -0.2) is 17.7 Å². The Morgan fingerprint density at radius 1 is 1.58 bits per heavy atom. The molecule has 4 nitrogen and oxygen atoms in total. The first-order valence-electron chi connectivity index (χ1n) is 6.08. The highest BCUT2D eigenvalue weighted by atomic mass is 32.1. The zero-order valence-electron chi connectivity index (χ0n) is 10.4. The minimum atomic E-state index is -4.41. The van der Waals surface area contributed by atoms with Gasteiger partial charge >= 0.3 is 6.18 Å². The standard InChI is InChI=1S/C11H16F3N3OS/c1-2-18-9(6-3-4-6)8(17-15)7-5-16-10(19-7)11(12,13)14/h5-6,8-9,17H,2-4,15H2,1H3. The Morgan fingerprint density at radius 3 is 2.68 bits per heavy atom. The van der Waals surface area contributed by atoms with Crippen LogP contribution in [0, 0.1) is 5.92 Å². The molecule has 1 aliphatic rings. The van der Waals surface area contributed by atoms with E-state index in [-0.39, 0.29) is 6.10 Å². The van der Waals surface area contributed by atoms with Gasteiger partial charge in [-0.1, -0.05) is 0 Å². The number of hydrazine groups is 1. The van der Waals surface area contributed by atoms with Crippen LogP contribution in [0.15, 0.2) is 6.20 Å². The topological polar surface area (TPSA) is 60.2 Å². The van der Waals surface area contributed by atoms with Crippen molar-refractivity contribution in [3.63, 3.8) is 0 Å². The minimum absolute atomic E-state index is 0.198. The number of hydrogen-bond donors (Lipinski definition) is 2. The number of thiazole rings is 1. The van der Waals surface area contributed by atoms with Gasteiger partial charge in [0, 0.05) is 17.7 Å². The lowest BCUT2D eigenvalue weighted by Crippen LogP contribution is -2.38. The Balaban J connectivity index is 2.18. The lowest BCUT2D eigenvalue weighted by Gasteiger charge is -2.25. The number of alkyl halides is 3. The summed E-state index contributed by atoms with van der Waals surface area (Å²) in [6.07, 6.45) is -1.34. The first-order chi connectivity index (χ1) is 8.97. The van der Waals surface area contributed by atoms with Crippen LogP contribution >= 0.6 is 11.3 Å². The van der Waals surface area contributed by atoms with E-state index in [2.05, 4.69) is 10.4 Å². The van der Waals surface area contributed by atoms with Gasteiger partial charge in [0.25, 0.3) is 0 Å². The first-order valence-corrected chi connectivity index (χ1v) is 6.89. The van der Waals surface area contributed by atoms with Gasteiger partial charge in [0.15, 0.2) is 5.01 Å². The summed E-state index contributed by atoms with van der Waals surface area (Å²) in [5.74, 6) is 5.85. The second-order valence-corrected chi connectivity index (χ2v) is 5.53. The summed E-state index contributed by atoms with van der Waals surface area (Å²) in [6.45, 7) is 2.36. The van der Waals surface area contributed by atoms with Gasteiger partial charge in [-0.15, -0.1) is 11.3 Å². The number of rotatable bonds is 6. The molecule has 2 atom stereocenters. The molecule has 0 saturated heterocycles. The van der Waals surface area contributed by atoms with Gasteiger partial charge in [0.2, 0.25) is 0 Å². The molecule has 108 valence electrons. The summed E-state index contributed by atoms with van der Waals surface area (Å²) in [5.41, 5.74) is 2.57. The van der Waals surface area contributed by atoms with E-state index in [1.807, 2.05) is 6.92 Å². The van der Waals surface area contributed by atoms with Crippen LogP contribution in [0.5, 0.6) is 0 Å². The van der Waals surface area contributed by atoms with E-state index in [0.29, 0.717) is 28.7 Å². The fraction of sp³-hybridized carbons (Fsp3) is 0.727. The number of nitrogens with two attached hydrogens (primary N) is 1. The Bertz CT molecular complexity index is 420. The van der Waals surface area contributed by atoms with Crippen LogP contribution in [0.1, 0.15) is 35.7 Å². The number of hydrogen-bond acceptors (Lipinski definition) is 5. The quantitative estimate of drug-likeness (QED) is 0.625. The number of nitrogens with one attached hydrogen (secondary N) is 1. The SMILES string of the molecule is CCOC(C1CC1)C(NN)c1cnc(C(F)(F)F)s1. The van der Waals surface area contributed by atoms with Gasteiger partial charge in [-0.25, -0.2) is 10.4 Å². The number of halogens is 3. The van der Waals surface area contributed by atoms with E-state index >= 15 is 0 Å². The average molecular weight is 295 g/mol. The van der Waals surface area contributed by atoms with E-state index in [0.717, 1.165) is 12.8 Å². The highest BCUT2D eigenvalue weighted by molar-refractivity contribution is 7.11. The van der Waals surface area contributed by atoms with E-state index in [1.54, 1.807) is 0 Å². The molecule has 0 aromatic carbocycles. The van der Waals surface area contributed by atoms with Crippen molar-refractivity contribution in [2.24, 2.45) is 11.8 Å². The van der Waals surface area contributed by atoms with Crippen molar-refractivity contribution in [2.45, 2.75) is 38.1 Å². The normalized spacial score (nSPS) is 19.4. The van der Waals surface area contributed by atoms with Crippen LogP contribution in [0.3, 0.4) is 0 Å². The molecule has 0 amide bonds. The molecule has 2 unspecified atom stereocenters. The molecule has 0 bridgehead atoms. The van der Waals surface area contributed by atoms with Crippen molar-refractivity contribution in [1.82, 2.24) is 10.4 Å². The van der Waals surface area contributed by atoms with Gasteiger partial charge in [-0.2, -0.15) is 13.2 Å². The molecule has 1 aromatic heterocycles. The highest BCUT2D eigenvalue weighted by Gasteiger charge is 2.40.